The van der Waals surface area contributed by atoms with Gasteiger partial charge >= 0.3 is 5.97 Å². The molecule has 0 heterocycles. The van der Waals surface area contributed by atoms with Crippen LogP contribution in [-0.2, 0) is 9.53 Å². The van der Waals surface area contributed by atoms with Crippen molar-refractivity contribution in [1.29, 1.82) is 0 Å². The summed E-state index contributed by atoms with van der Waals surface area (Å²) in [5.74, 6) is 1.24. The number of ether oxygens (including phenoxy) is 1. The van der Waals surface area contributed by atoms with Gasteiger partial charge < -0.3 is 4.74 Å². The van der Waals surface area contributed by atoms with Gasteiger partial charge in [0, 0.05) is 6.42 Å². The van der Waals surface area contributed by atoms with E-state index < -0.39 is 6.43 Å². The summed E-state index contributed by atoms with van der Waals surface area (Å²) in [5.41, 5.74) is 0. The maximum atomic E-state index is 12.0. The smallest absolute Gasteiger partial charge is 0.319 e. The van der Waals surface area contributed by atoms with E-state index in [1.54, 1.807) is 11.8 Å². The molecular formula is C15H28F2O2S. The molecule has 0 aromatic heterocycles. The topological polar surface area (TPSA) is 26.3 Å². The number of unbranched alkanes of at least 4 members (excludes halogenated alkanes) is 2. The number of halogens is 2. The first-order chi connectivity index (χ1) is 9.34. The highest BCUT2D eigenvalue weighted by Gasteiger charge is 2.24. The second-order valence-corrected chi connectivity index (χ2v) is 7.05. The molecule has 0 fully saturated rings. The lowest BCUT2D eigenvalue weighted by Crippen LogP contribution is -2.27. The number of carbonyl (C=O) groups excluding carboxylic acids is 1. The van der Waals surface area contributed by atoms with Crippen molar-refractivity contribution in [2.75, 3.05) is 12.4 Å². The lowest BCUT2D eigenvalue weighted by Gasteiger charge is -2.19. The Morgan fingerprint density at radius 2 is 1.75 bits per heavy atom. The van der Waals surface area contributed by atoms with Gasteiger partial charge in [-0.2, -0.15) is 0 Å². The molecule has 0 N–H and O–H groups in total. The Balaban J connectivity index is 3.88. The van der Waals surface area contributed by atoms with Crippen molar-refractivity contribution in [1.82, 2.24) is 0 Å². The first-order valence-corrected chi connectivity index (χ1v) is 8.45. The molecule has 0 rings (SSSR count). The molecule has 0 aliphatic carbocycles. The summed E-state index contributed by atoms with van der Waals surface area (Å²) in [5, 5.41) is -0.149. The van der Waals surface area contributed by atoms with E-state index in [4.69, 9.17) is 4.74 Å². The fraction of sp³-hybridized carbons (Fsp3) is 0.933. The lowest BCUT2D eigenvalue weighted by atomic mass is 10.1. The zero-order chi connectivity index (χ0) is 15.5. The molecule has 0 aromatic carbocycles. The first-order valence-electron chi connectivity index (χ1n) is 7.41. The molecule has 120 valence electrons. The summed E-state index contributed by atoms with van der Waals surface area (Å²) < 4.78 is 29.2. The molecule has 0 aromatic rings. The zero-order valence-electron chi connectivity index (χ0n) is 13.0. The van der Waals surface area contributed by atoms with Crippen LogP contribution >= 0.6 is 11.8 Å². The van der Waals surface area contributed by atoms with Gasteiger partial charge in [-0.3, -0.25) is 4.79 Å². The van der Waals surface area contributed by atoms with Crippen LogP contribution in [0.3, 0.4) is 0 Å². The zero-order valence-corrected chi connectivity index (χ0v) is 13.8. The van der Waals surface area contributed by atoms with E-state index in [1.807, 2.05) is 27.7 Å². The SMILES string of the molecule is CC(C)COC(=O)C(SCCCCCC(F)F)C(C)C. The summed E-state index contributed by atoms with van der Waals surface area (Å²) in [6.07, 6.45) is 0.00953. The average Bonchev–Trinajstić information content (AvgIpc) is 2.34. The summed E-state index contributed by atoms with van der Waals surface area (Å²) in [4.78, 5) is 12.0. The third-order valence-electron chi connectivity index (χ3n) is 2.76. The standard InChI is InChI=1S/C15H28F2O2S/c1-11(2)10-19-15(18)14(12(3)4)20-9-7-5-6-8-13(16)17/h11-14H,5-10H2,1-4H3. The minimum Gasteiger partial charge on any atom is -0.465 e. The number of hydrogen-bond donors (Lipinski definition) is 0. The average molecular weight is 310 g/mol. The molecule has 0 radical (unpaired) electrons. The molecule has 1 atom stereocenters. The summed E-state index contributed by atoms with van der Waals surface area (Å²) >= 11 is 1.59. The Bertz CT molecular complexity index is 258. The molecule has 0 bridgehead atoms. The summed E-state index contributed by atoms with van der Waals surface area (Å²) in [7, 11) is 0. The highest BCUT2D eigenvalue weighted by Crippen LogP contribution is 2.23. The quantitative estimate of drug-likeness (QED) is 0.406. The molecule has 2 nitrogen and oxygen atoms in total. The van der Waals surface area contributed by atoms with Gasteiger partial charge in [-0.15, -0.1) is 11.8 Å². The van der Waals surface area contributed by atoms with Gasteiger partial charge in [-0.25, -0.2) is 8.78 Å². The second kappa shape index (κ2) is 11.4. The molecule has 1 unspecified atom stereocenters. The van der Waals surface area contributed by atoms with Gasteiger partial charge in [0.25, 0.3) is 0 Å². The molecule has 0 saturated carbocycles. The van der Waals surface area contributed by atoms with Crippen LogP contribution in [0.2, 0.25) is 0 Å². The molecule has 0 amide bonds. The highest BCUT2D eigenvalue weighted by atomic mass is 32.2. The third-order valence-corrected chi connectivity index (χ3v) is 4.38. The van der Waals surface area contributed by atoms with E-state index in [-0.39, 0.29) is 23.6 Å². The highest BCUT2D eigenvalue weighted by molar-refractivity contribution is 8.00. The van der Waals surface area contributed by atoms with Crippen LogP contribution in [-0.4, -0.2) is 30.0 Å². The van der Waals surface area contributed by atoms with Crippen molar-refractivity contribution in [3.05, 3.63) is 0 Å². The van der Waals surface area contributed by atoms with Crippen LogP contribution in [0.15, 0.2) is 0 Å². The van der Waals surface area contributed by atoms with E-state index in [9.17, 15) is 13.6 Å². The van der Waals surface area contributed by atoms with E-state index >= 15 is 0 Å². The minimum absolute atomic E-state index is 0.0191. The maximum Gasteiger partial charge on any atom is 0.319 e. The monoisotopic (exact) mass is 310 g/mol. The van der Waals surface area contributed by atoms with Gasteiger partial charge in [-0.05, 0) is 30.4 Å². The minimum atomic E-state index is -2.20. The number of alkyl halides is 2. The fourth-order valence-electron chi connectivity index (χ4n) is 1.65. The molecule has 0 aliphatic rings. The van der Waals surface area contributed by atoms with Crippen LogP contribution in [0.25, 0.3) is 0 Å². The predicted molar refractivity (Wildman–Crippen MR) is 81.4 cm³/mol. The Morgan fingerprint density at radius 1 is 1.10 bits per heavy atom. The Kier molecular flexibility index (Phi) is 11.2. The van der Waals surface area contributed by atoms with Crippen molar-refractivity contribution in [2.45, 2.75) is 65.1 Å². The summed E-state index contributed by atoms with van der Waals surface area (Å²) in [6.45, 7) is 8.48. The Hall–Kier alpha value is -0.320. The van der Waals surface area contributed by atoms with Gasteiger partial charge in [0.05, 0.1) is 6.61 Å². The molecule has 0 spiro atoms. The van der Waals surface area contributed by atoms with Gasteiger partial charge in [-0.1, -0.05) is 34.1 Å². The van der Waals surface area contributed by atoms with Crippen LogP contribution in [0.1, 0.15) is 53.4 Å². The molecule has 20 heavy (non-hydrogen) atoms. The van der Waals surface area contributed by atoms with Gasteiger partial charge in [0.2, 0.25) is 6.43 Å². The van der Waals surface area contributed by atoms with Gasteiger partial charge in [0.1, 0.15) is 5.25 Å². The lowest BCUT2D eigenvalue weighted by molar-refractivity contribution is -0.144. The molecule has 0 aliphatic heterocycles. The van der Waals surface area contributed by atoms with Crippen LogP contribution < -0.4 is 0 Å². The van der Waals surface area contributed by atoms with Crippen LogP contribution in [0, 0.1) is 11.8 Å². The van der Waals surface area contributed by atoms with Gasteiger partial charge in [0.15, 0.2) is 0 Å². The van der Waals surface area contributed by atoms with Crippen molar-refractivity contribution >= 4 is 17.7 Å². The fourth-order valence-corrected chi connectivity index (χ4v) is 2.87. The first kappa shape index (κ1) is 19.7. The Morgan fingerprint density at radius 3 is 2.25 bits per heavy atom. The number of rotatable bonds is 11. The van der Waals surface area contributed by atoms with Crippen LogP contribution in [0.4, 0.5) is 8.78 Å². The predicted octanol–water partition coefficient (Wildman–Crippen LogP) is 4.77. The normalized spacial score (nSPS) is 13.2. The number of hydrogen-bond acceptors (Lipinski definition) is 3. The van der Waals surface area contributed by atoms with E-state index in [2.05, 4.69) is 0 Å². The van der Waals surface area contributed by atoms with E-state index in [0.717, 1.165) is 18.6 Å². The molecule has 0 saturated heterocycles. The van der Waals surface area contributed by atoms with Crippen LogP contribution in [0.5, 0.6) is 0 Å². The Labute approximate surface area is 126 Å². The van der Waals surface area contributed by atoms with E-state index in [0.29, 0.717) is 18.9 Å². The molecule has 5 heteroatoms. The largest absolute Gasteiger partial charge is 0.465 e. The third kappa shape index (κ3) is 10.5. The molecular weight excluding hydrogens is 282 g/mol. The van der Waals surface area contributed by atoms with Crippen molar-refractivity contribution < 1.29 is 18.3 Å². The van der Waals surface area contributed by atoms with E-state index in [1.165, 1.54) is 0 Å². The second-order valence-electron chi connectivity index (χ2n) is 5.80. The summed E-state index contributed by atoms with van der Waals surface area (Å²) in [6, 6.07) is 0. The maximum absolute atomic E-state index is 12.0. The van der Waals surface area contributed by atoms with Crippen molar-refractivity contribution in [3.63, 3.8) is 0 Å². The van der Waals surface area contributed by atoms with Crippen molar-refractivity contribution in [3.8, 4) is 0 Å². The van der Waals surface area contributed by atoms with Crippen molar-refractivity contribution in [2.24, 2.45) is 11.8 Å². The number of esters is 1. The number of carbonyl (C=O) groups is 1. The number of thioether (sulfide) groups is 1.